The zero-order chi connectivity index (χ0) is 25.9. The van der Waals surface area contributed by atoms with Crippen LogP contribution in [0, 0.1) is 0 Å². The van der Waals surface area contributed by atoms with Crippen molar-refractivity contribution in [3.63, 3.8) is 0 Å². The number of carbonyl (C=O) groups excluding carboxylic acids is 2. The normalized spacial score (nSPS) is 14.4. The lowest BCUT2D eigenvalue weighted by Gasteiger charge is -2.20. The van der Waals surface area contributed by atoms with Crippen LogP contribution in [0.4, 0.5) is 18.0 Å². The zero-order valence-corrected chi connectivity index (χ0v) is 18.7. The average Bonchev–Trinajstić information content (AvgIpc) is 3.18. The van der Waals surface area contributed by atoms with Crippen LogP contribution in [0.3, 0.4) is 0 Å². The van der Waals surface area contributed by atoms with Gasteiger partial charge in [0.05, 0.1) is 0 Å². The Morgan fingerprint density at radius 2 is 1.61 bits per heavy atom. The molecule has 10 heteroatoms. The Kier molecular flexibility index (Phi) is 7.27. The molecule has 188 valence electrons. The van der Waals surface area contributed by atoms with Crippen molar-refractivity contribution in [2.45, 2.75) is 24.5 Å². The number of aldehydes is 1. The summed E-state index contributed by atoms with van der Waals surface area (Å²) in [6.45, 7) is -0.420. The van der Waals surface area contributed by atoms with Crippen LogP contribution in [0.2, 0.25) is 0 Å². The van der Waals surface area contributed by atoms with Gasteiger partial charge in [0.15, 0.2) is 0 Å². The summed E-state index contributed by atoms with van der Waals surface area (Å²) in [6.07, 6.45) is -8.89. The Bertz CT molecular complexity index is 1220. The Morgan fingerprint density at radius 1 is 1.00 bits per heavy atom. The summed E-state index contributed by atoms with van der Waals surface area (Å²) < 4.78 is 46.8. The highest BCUT2D eigenvalue weighted by atomic mass is 19.4. The van der Waals surface area contributed by atoms with Crippen molar-refractivity contribution in [3.8, 4) is 16.9 Å². The lowest BCUT2D eigenvalue weighted by molar-refractivity contribution is -0.274. The molecule has 2 unspecified atom stereocenters. The zero-order valence-electron chi connectivity index (χ0n) is 18.7. The van der Waals surface area contributed by atoms with Crippen LogP contribution in [0.25, 0.3) is 11.1 Å². The summed E-state index contributed by atoms with van der Waals surface area (Å²) in [4.78, 5) is 23.3. The van der Waals surface area contributed by atoms with Gasteiger partial charge in [0.2, 0.25) is 0 Å². The van der Waals surface area contributed by atoms with Gasteiger partial charge in [0, 0.05) is 18.0 Å². The Labute approximate surface area is 204 Å². The van der Waals surface area contributed by atoms with Gasteiger partial charge in [-0.1, -0.05) is 48.5 Å². The summed E-state index contributed by atoms with van der Waals surface area (Å²) in [5.41, 5.74) is 3.78. The van der Waals surface area contributed by atoms with E-state index in [2.05, 4.69) is 10.1 Å². The topological polar surface area (TPSA) is 105 Å². The molecular formula is C26H22F3NO6. The minimum atomic E-state index is -5.01. The number of benzene rings is 3. The smallest absolute Gasteiger partial charge is 0.449 e. The molecule has 0 spiro atoms. The second kappa shape index (κ2) is 10.4. The number of carbonyl (C=O) groups is 2. The molecule has 0 bridgehead atoms. The van der Waals surface area contributed by atoms with Crippen molar-refractivity contribution in [1.82, 2.24) is 5.32 Å². The van der Waals surface area contributed by atoms with Gasteiger partial charge in [0.1, 0.15) is 30.9 Å². The van der Waals surface area contributed by atoms with Crippen molar-refractivity contribution >= 4 is 12.4 Å². The number of hydrogen-bond acceptors (Lipinski definition) is 6. The molecule has 0 saturated heterocycles. The molecule has 1 aliphatic rings. The number of fused-ring (bicyclic) bond motifs is 3. The maximum Gasteiger partial charge on any atom is 0.573 e. The van der Waals surface area contributed by atoms with Crippen molar-refractivity contribution in [3.05, 3.63) is 89.0 Å². The molecule has 0 fully saturated rings. The van der Waals surface area contributed by atoms with Gasteiger partial charge in [-0.05, 0) is 46.0 Å². The number of ether oxygens (including phenoxy) is 2. The summed E-state index contributed by atoms with van der Waals surface area (Å²) in [7, 11) is 0. The molecule has 0 heterocycles. The minimum Gasteiger partial charge on any atom is -0.449 e. The lowest BCUT2D eigenvalue weighted by Crippen LogP contribution is -2.36. The van der Waals surface area contributed by atoms with E-state index >= 15 is 0 Å². The maximum absolute atomic E-state index is 12.5. The standard InChI is InChI=1S/C26H22F3NO6/c27-26(28,29)36-17-10-15(13-31)9-16(11-17)24(33)23(32)12-30-25(34)35-14-22-20-7-3-1-5-18(20)19-6-2-4-8-21(19)22/h1-11,13,22-24,32-33H,12,14H2,(H,30,34). The Morgan fingerprint density at radius 3 is 2.19 bits per heavy atom. The fourth-order valence-electron chi connectivity index (χ4n) is 4.25. The average molecular weight is 501 g/mol. The molecule has 2 atom stereocenters. The van der Waals surface area contributed by atoms with Crippen molar-refractivity contribution in [2.24, 2.45) is 0 Å². The number of aliphatic hydroxyl groups excluding tert-OH is 2. The van der Waals surface area contributed by atoms with Crippen LogP contribution in [0.5, 0.6) is 5.75 Å². The molecule has 3 aromatic carbocycles. The first kappa shape index (κ1) is 25.2. The maximum atomic E-state index is 12.5. The molecule has 0 aliphatic heterocycles. The van der Waals surface area contributed by atoms with Gasteiger partial charge in [-0.2, -0.15) is 0 Å². The summed E-state index contributed by atoms with van der Waals surface area (Å²) in [5, 5.41) is 23.0. The van der Waals surface area contributed by atoms with Crippen molar-refractivity contribution in [2.75, 3.05) is 13.2 Å². The lowest BCUT2D eigenvalue weighted by atomic mass is 9.98. The largest absolute Gasteiger partial charge is 0.573 e. The third kappa shape index (κ3) is 5.67. The Hall–Kier alpha value is -3.89. The van der Waals surface area contributed by atoms with Gasteiger partial charge in [-0.25, -0.2) is 4.79 Å². The highest BCUT2D eigenvalue weighted by Crippen LogP contribution is 2.44. The molecule has 1 amide bonds. The van der Waals surface area contributed by atoms with Gasteiger partial charge in [-0.15, -0.1) is 13.2 Å². The van der Waals surface area contributed by atoms with E-state index in [0.717, 1.165) is 40.5 Å². The van der Waals surface area contributed by atoms with Crippen LogP contribution in [-0.4, -0.2) is 48.2 Å². The van der Waals surface area contributed by atoms with Crippen LogP contribution in [0.15, 0.2) is 66.7 Å². The molecule has 1 aliphatic carbocycles. The quantitative estimate of drug-likeness (QED) is 0.397. The highest BCUT2D eigenvalue weighted by molar-refractivity contribution is 5.79. The van der Waals surface area contributed by atoms with E-state index in [0.29, 0.717) is 0 Å². The molecule has 4 rings (SSSR count). The van der Waals surface area contributed by atoms with Gasteiger partial charge in [-0.3, -0.25) is 4.79 Å². The summed E-state index contributed by atoms with van der Waals surface area (Å²) in [5.74, 6) is -0.894. The minimum absolute atomic E-state index is 0.0397. The number of rotatable bonds is 8. The number of nitrogens with one attached hydrogen (secondary N) is 1. The van der Waals surface area contributed by atoms with E-state index in [9.17, 15) is 33.0 Å². The SMILES string of the molecule is O=Cc1cc(OC(F)(F)F)cc(C(O)C(O)CNC(=O)OCC2c3ccccc3-c3ccccc32)c1. The fourth-order valence-corrected chi connectivity index (χ4v) is 4.25. The van der Waals surface area contributed by atoms with Gasteiger partial charge < -0.3 is 25.0 Å². The molecule has 0 aromatic heterocycles. The molecule has 3 N–H and O–H groups in total. The number of amides is 1. The first-order valence-electron chi connectivity index (χ1n) is 11.0. The van der Waals surface area contributed by atoms with Gasteiger partial charge in [0.25, 0.3) is 0 Å². The molecule has 3 aromatic rings. The fraction of sp³-hybridized carbons (Fsp3) is 0.231. The molecule has 0 saturated carbocycles. The first-order chi connectivity index (χ1) is 17.2. The van der Waals surface area contributed by atoms with E-state index in [1.807, 2.05) is 48.5 Å². The van der Waals surface area contributed by atoms with E-state index in [4.69, 9.17) is 4.74 Å². The number of halogens is 3. The first-order valence-corrected chi connectivity index (χ1v) is 11.0. The van der Waals surface area contributed by atoms with Crippen molar-refractivity contribution < 1.29 is 42.4 Å². The van der Waals surface area contributed by atoms with Crippen LogP contribution < -0.4 is 10.1 Å². The van der Waals surface area contributed by atoms with Crippen LogP contribution >= 0.6 is 0 Å². The third-order valence-corrected chi connectivity index (χ3v) is 5.83. The van der Waals surface area contributed by atoms with E-state index in [-0.39, 0.29) is 29.9 Å². The molecule has 7 nitrogen and oxygen atoms in total. The molecular weight excluding hydrogens is 479 g/mol. The Balaban J connectivity index is 1.36. The highest BCUT2D eigenvalue weighted by Gasteiger charge is 2.32. The van der Waals surface area contributed by atoms with E-state index in [1.165, 1.54) is 0 Å². The van der Waals surface area contributed by atoms with Crippen LogP contribution in [-0.2, 0) is 4.74 Å². The number of alkyl halides is 3. The summed E-state index contributed by atoms with van der Waals surface area (Å²) >= 11 is 0. The van der Waals surface area contributed by atoms with Crippen molar-refractivity contribution in [1.29, 1.82) is 0 Å². The molecule has 36 heavy (non-hydrogen) atoms. The van der Waals surface area contributed by atoms with Gasteiger partial charge >= 0.3 is 12.5 Å². The van der Waals surface area contributed by atoms with Crippen LogP contribution in [0.1, 0.15) is 39.1 Å². The number of aliphatic hydroxyl groups is 2. The predicted molar refractivity (Wildman–Crippen MR) is 123 cm³/mol. The molecule has 0 radical (unpaired) electrons. The van der Waals surface area contributed by atoms with E-state index < -0.39 is 37.0 Å². The third-order valence-electron chi connectivity index (χ3n) is 5.83. The second-order valence-corrected chi connectivity index (χ2v) is 8.22. The summed E-state index contributed by atoms with van der Waals surface area (Å²) in [6, 6.07) is 18.4. The predicted octanol–water partition coefficient (Wildman–Crippen LogP) is 4.33. The number of alkyl carbamates (subject to hydrolysis) is 1. The van der Waals surface area contributed by atoms with E-state index in [1.54, 1.807) is 0 Å². The number of hydrogen-bond donors (Lipinski definition) is 3. The second-order valence-electron chi connectivity index (χ2n) is 8.22. The monoisotopic (exact) mass is 501 g/mol.